The second-order valence-electron chi connectivity index (χ2n) is 4.15. The molecule has 0 unspecified atom stereocenters. The van der Waals surface area contributed by atoms with Gasteiger partial charge in [-0.2, -0.15) is 0 Å². The van der Waals surface area contributed by atoms with E-state index in [2.05, 4.69) is 5.32 Å². The van der Waals surface area contributed by atoms with Gasteiger partial charge in [0.15, 0.2) is 0 Å². The van der Waals surface area contributed by atoms with Crippen molar-refractivity contribution >= 4 is 0 Å². The molecule has 1 heterocycles. The zero-order valence-corrected chi connectivity index (χ0v) is 8.62. The molecule has 0 aromatic heterocycles. The smallest absolute Gasteiger partial charge is 0.123 e. The molecule has 0 radical (unpaired) electrons. The fourth-order valence-corrected chi connectivity index (χ4v) is 2.08. The zero-order chi connectivity index (χ0) is 10.7. The molecule has 2 N–H and O–H groups in total. The van der Waals surface area contributed by atoms with Crippen molar-refractivity contribution in [3.8, 4) is 0 Å². The predicted molar refractivity (Wildman–Crippen MR) is 57.1 cm³/mol. The number of piperidine rings is 1. The highest BCUT2D eigenvalue weighted by atomic mass is 19.1. The largest absolute Gasteiger partial charge is 0.393 e. The molecular weight excluding hydrogens is 193 g/mol. The highest BCUT2D eigenvalue weighted by Gasteiger charge is 2.22. The van der Waals surface area contributed by atoms with E-state index in [0.29, 0.717) is 0 Å². The number of aliphatic hydroxyl groups excluding tert-OH is 1. The van der Waals surface area contributed by atoms with Crippen LogP contribution in [-0.2, 0) is 6.42 Å². The van der Waals surface area contributed by atoms with Gasteiger partial charge < -0.3 is 10.4 Å². The summed E-state index contributed by atoms with van der Waals surface area (Å²) in [4.78, 5) is 0. The van der Waals surface area contributed by atoms with Gasteiger partial charge in [0, 0.05) is 12.5 Å². The van der Waals surface area contributed by atoms with Crippen LogP contribution in [0.25, 0.3) is 0 Å². The predicted octanol–water partition coefficient (Wildman–Crippen LogP) is 1.34. The molecule has 1 saturated heterocycles. The van der Waals surface area contributed by atoms with Crippen LogP contribution in [0.4, 0.5) is 4.39 Å². The Labute approximate surface area is 89.1 Å². The summed E-state index contributed by atoms with van der Waals surface area (Å²) in [6.45, 7) is 1.69. The molecule has 1 aromatic carbocycles. The highest BCUT2D eigenvalue weighted by Crippen LogP contribution is 2.17. The van der Waals surface area contributed by atoms with Crippen molar-refractivity contribution < 1.29 is 9.50 Å². The molecule has 82 valence electrons. The van der Waals surface area contributed by atoms with Crippen LogP contribution in [0.15, 0.2) is 24.3 Å². The van der Waals surface area contributed by atoms with Crippen LogP contribution in [0, 0.1) is 11.7 Å². The van der Waals surface area contributed by atoms with Gasteiger partial charge in [0.25, 0.3) is 0 Å². The second-order valence-corrected chi connectivity index (χ2v) is 4.15. The summed E-state index contributed by atoms with van der Waals surface area (Å²) in [6.07, 6.45) is 1.28. The van der Waals surface area contributed by atoms with Crippen LogP contribution >= 0.6 is 0 Å². The Bertz CT molecular complexity index is 329. The quantitative estimate of drug-likeness (QED) is 0.770. The number of benzene rings is 1. The molecule has 0 amide bonds. The summed E-state index contributed by atoms with van der Waals surface area (Å²) >= 11 is 0. The van der Waals surface area contributed by atoms with Crippen LogP contribution in [0.2, 0.25) is 0 Å². The SMILES string of the molecule is O[C@@H]1CCNC[C@H]1Cc1cccc(F)c1. The average molecular weight is 209 g/mol. The van der Waals surface area contributed by atoms with Gasteiger partial charge in [-0.25, -0.2) is 4.39 Å². The lowest BCUT2D eigenvalue weighted by Gasteiger charge is -2.28. The van der Waals surface area contributed by atoms with Gasteiger partial charge in [-0.15, -0.1) is 0 Å². The first-order chi connectivity index (χ1) is 7.25. The van der Waals surface area contributed by atoms with E-state index in [4.69, 9.17) is 0 Å². The lowest BCUT2D eigenvalue weighted by atomic mass is 9.90. The summed E-state index contributed by atoms with van der Waals surface area (Å²) in [6, 6.07) is 6.61. The normalized spacial score (nSPS) is 26.5. The lowest BCUT2D eigenvalue weighted by molar-refractivity contribution is 0.0791. The van der Waals surface area contributed by atoms with Crippen molar-refractivity contribution in [1.29, 1.82) is 0 Å². The molecule has 0 saturated carbocycles. The molecule has 2 atom stereocenters. The van der Waals surface area contributed by atoms with E-state index in [0.717, 1.165) is 31.5 Å². The Hall–Kier alpha value is -0.930. The van der Waals surface area contributed by atoms with Gasteiger partial charge in [-0.1, -0.05) is 12.1 Å². The summed E-state index contributed by atoms with van der Waals surface area (Å²) in [5.74, 6) is 0.00584. The fraction of sp³-hybridized carbons (Fsp3) is 0.500. The summed E-state index contributed by atoms with van der Waals surface area (Å²) < 4.78 is 12.9. The van der Waals surface area contributed by atoms with Crippen molar-refractivity contribution in [2.75, 3.05) is 13.1 Å². The number of hydrogen-bond donors (Lipinski definition) is 2. The lowest BCUT2D eigenvalue weighted by Crippen LogP contribution is -2.40. The van der Waals surface area contributed by atoms with Gasteiger partial charge >= 0.3 is 0 Å². The van der Waals surface area contributed by atoms with Crippen LogP contribution in [0.5, 0.6) is 0 Å². The Morgan fingerprint density at radius 3 is 3.07 bits per heavy atom. The molecular formula is C12H16FNO. The zero-order valence-electron chi connectivity index (χ0n) is 8.62. The Morgan fingerprint density at radius 2 is 2.33 bits per heavy atom. The van der Waals surface area contributed by atoms with Gasteiger partial charge in [-0.05, 0) is 37.1 Å². The summed E-state index contributed by atoms with van der Waals surface area (Å²) in [5, 5.41) is 13.0. The minimum Gasteiger partial charge on any atom is -0.393 e. The van der Waals surface area contributed by atoms with E-state index < -0.39 is 0 Å². The third-order valence-electron chi connectivity index (χ3n) is 2.95. The van der Waals surface area contributed by atoms with Crippen molar-refractivity contribution in [3.63, 3.8) is 0 Å². The number of hydrogen-bond acceptors (Lipinski definition) is 2. The Kier molecular flexibility index (Phi) is 3.34. The van der Waals surface area contributed by atoms with Crippen LogP contribution in [0.3, 0.4) is 0 Å². The number of aliphatic hydroxyl groups is 1. The van der Waals surface area contributed by atoms with E-state index in [9.17, 15) is 9.50 Å². The van der Waals surface area contributed by atoms with E-state index in [1.165, 1.54) is 6.07 Å². The van der Waals surface area contributed by atoms with Crippen molar-refractivity contribution in [3.05, 3.63) is 35.6 Å². The maximum atomic E-state index is 12.9. The summed E-state index contributed by atoms with van der Waals surface area (Å²) in [5.41, 5.74) is 0.961. The molecule has 1 aliphatic rings. The Morgan fingerprint density at radius 1 is 1.47 bits per heavy atom. The molecule has 1 fully saturated rings. The van der Waals surface area contributed by atoms with E-state index in [-0.39, 0.29) is 17.8 Å². The summed E-state index contributed by atoms with van der Waals surface area (Å²) in [7, 11) is 0. The second kappa shape index (κ2) is 4.73. The molecule has 0 aliphatic carbocycles. The maximum Gasteiger partial charge on any atom is 0.123 e. The van der Waals surface area contributed by atoms with E-state index in [1.807, 2.05) is 6.07 Å². The van der Waals surface area contributed by atoms with Crippen molar-refractivity contribution in [2.45, 2.75) is 18.9 Å². The molecule has 2 nitrogen and oxygen atoms in total. The maximum absolute atomic E-state index is 12.9. The monoisotopic (exact) mass is 209 g/mol. The average Bonchev–Trinajstić information content (AvgIpc) is 2.22. The van der Waals surface area contributed by atoms with E-state index >= 15 is 0 Å². The third-order valence-corrected chi connectivity index (χ3v) is 2.95. The number of rotatable bonds is 2. The fourth-order valence-electron chi connectivity index (χ4n) is 2.08. The molecule has 1 aliphatic heterocycles. The molecule has 15 heavy (non-hydrogen) atoms. The van der Waals surface area contributed by atoms with Crippen LogP contribution in [-0.4, -0.2) is 24.3 Å². The molecule has 0 spiro atoms. The molecule has 2 rings (SSSR count). The van der Waals surface area contributed by atoms with Gasteiger partial charge in [0.1, 0.15) is 5.82 Å². The van der Waals surface area contributed by atoms with Gasteiger partial charge in [0.2, 0.25) is 0 Å². The van der Waals surface area contributed by atoms with Crippen molar-refractivity contribution in [1.82, 2.24) is 5.32 Å². The first-order valence-corrected chi connectivity index (χ1v) is 5.39. The Balaban J connectivity index is 2.01. The van der Waals surface area contributed by atoms with Crippen LogP contribution < -0.4 is 5.32 Å². The van der Waals surface area contributed by atoms with Gasteiger partial charge in [0.05, 0.1) is 6.10 Å². The minimum atomic E-state index is -0.255. The molecule has 1 aromatic rings. The number of halogens is 1. The van der Waals surface area contributed by atoms with Crippen molar-refractivity contribution in [2.24, 2.45) is 5.92 Å². The molecule has 3 heteroatoms. The standard InChI is InChI=1S/C12H16FNO/c13-11-3-1-2-9(7-11)6-10-8-14-5-4-12(10)15/h1-3,7,10,12,14-15H,4-6,8H2/t10-,12-/m1/s1. The number of nitrogens with one attached hydrogen (secondary N) is 1. The third kappa shape index (κ3) is 2.76. The highest BCUT2D eigenvalue weighted by molar-refractivity contribution is 5.17. The first-order valence-electron chi connectivity index (χ1n) is 5.39. The molecule has 0 bridgehead atoms. The van der Waals surface area contributed by atoms with E-state index in [1.54, 1.807) is 12.1 Å². The van der Waals surface area contributed by atoms with Gasteiger partial charge in [-0.3, -0.25) is 0 Å². The topological polar surface area (TPSA) is 32.3 Å². The first kappa shape index (κ1) is 10.6. The minimum absolute atomic E-state index is 0.203. The van der Waals surface area contributed by atoms with Crippen LogP contribution in [0.1, 0.15) is 12.0 Å².